The molecule has 1 spiro atoms. The van der Waals surface area contributed by atoms with E-state index in [9.17, 15) is 0 Å². The molecule has 2 heteroatoms. The van der Waals surface area contributed by atoms with Gasteiger partial charge in [0.25, 0.3) is 0 Å². The topological polar surface area (TPSA) is 29.3 Å². The standard InChI is InChI=1S/C17H24N2/c18-14-11-17(12-14)6-8-19(9-7-17)16-10-15(16)13-4-2-1-3-5-13/h1-5,14-16H,6-12,18H2. The molecule has 2 aliphatic carbocycles. The summed E-state index contributed by atoms with van der Waals surface area (Å²) in [5.41, 5.74) is 8.16. The molecule has 1 saturated heterocycles. The van der Waals surface area contributed by atoms with Crippen LogP contribution in [0.1, 0.15) is 43.6 Å². The maximum Gasteiger partial charge on any atom is 0.0171 e. The summed E-state index contributed by atoms with van der Waals surface area (Å²) < 4.78 is 0. The zero-order chi connectivity index (χ0) is 12.9. The van der Waals surface area contributed by atoms with Crippen molar-refractivity contribution in [1.29, 1.82) is 0 Å². The quantitative estimate of drug-likeness (QED) is 0.881. The van der Waals surface area contributed by atoms with Crippen molar-refractivity contribution in [1.82, 2.24) is 4.90 Å². The lowest BCUT2D eigenvalue weighted by molar-refractivity contribution is 0.0147. The molecule has 102 valence electrons. The molecule has 3 aliphatic rings. The monoisotopic (exact) mass is 256 g/mol. The van der Waals surface area contributed by atoms with Crippen LogP contribution in [0.25, 0.3) is 0 Å². The smallest absolute Gasteiger partial charge is 0.0171 e. The van der Waals surface area contributed by atoms with Crippen molar-refractivity contribution >= 4 is 0 Å². The first kappa shape index (κ1) is 11.9. The van der Waals surface area contributed by atoms with Crippen LogP contribution in [0.2, 0.25) is 0 Å². The van der Waals surface area contributed by atoms with E-state index in [0.717, 1.165) is 12.0 Å². The predicted octanol–water partition coefficient (Wildman–Crippen LogP) is 2.75. The van der Waals surface area contributed by atoms with Crippen LogP contribution >= 0.6 is 0 Å². The molecule has 0 amide bonds. The third-order valence-corrected chi connectivity index (χ3v) is 5.70. The summed E-state index contributed by atoms with van der Waals surface area (Å²) in [5.74, 6) is 0.805. The highest BCUT2D eigenvalue weighted by molar-refractivity contribution is 5.28. The molecule has 0 radical (unpaired) electrons. The lowest BCUT2D eigenvalue weighted by Gasteiger charge is -2.51. The van der Waals surface area contributed by atoms with Crippen LogP contribution in [0.3, 0.4) is 0 Å². The van der Waals surface area contributed by atoms with Gasteiger partial charge in [-0.2, -0.15) is 0 Å². The number of hydrogen-bond acceptors (Lipinski definition) is 2. The molecule has 0 aromatic heterocycles. The highest BCUT2D eigenvalue weighted by atomic mass is 15.2. The summed E-state index contributed by atoms with van der Waals surface area (Å²) in [6.07, 6.45) is 6.72. The van der Waals surface area contributed by atoms with Gasteiger partial charge in [0.2, 0.25) is 0 Å². The molecule has 1 aliphatic heterocycles. The van der Waals surface area contributed by atoms with Crippen molar-refractivity contribution in [3.63, 3.8) is 0 Å². The average Bonchev–Trinajstić information content (AvgIpc) is 3.19. The number of benzene rings is 1. The first-order valence-electron chi connectivity index (χ1n) is 7.80. The molecular formula is C17H24N2. The third-order valence-electron chi connectivity index (χ3n) is 5.70. The molecule has 0 bridgehead atoms. The zero-order valence-electron chi connectivity index (χ0n) is 11.6. The molecule has 19 heavy (non-hydrogen) atoms. The minimum Gasteiger partial charge on any atom is -0.328 e. The van der Waals surface area contributed by atoms with E-state index in [-0.39, 0.29) is 0 Å². The highest BCUT2D eigenvalue weighted by Crippen LogP contribution is 2.51. The van der Waals surface area contributed by atoms with Crippen LogP contribution in [0.15, 0.2) is 30.3 Å². The van der Waals surface area contributed by atoms with Crippen molar-refractivity contribution in [2.75, 3.05) is 13.1 Å². The van der Waals surface area contributed by atoms with E-state index in [1.165, 1.54) is 45.2 Å². The van der Waals surface area contributed by atoms with E-state index in [4.69, 9.17) is 5.73 Å². The first-order valence-corrected chi connectivity index (χ1v) is 7.80. The Kier molecular flexibility index (Phi) is 2.71. The number of piperidine rings is 1. The second kappa shape index (κ2) is 4.32. The van der Waals surface area contributed by atoms with Gasteiger partial charge in [0.1, 0.15) is 0 Å². The largest absolute Gasteiger partial charge is 0.328 e. The zero-order valence-corrected chi connectivity index (χ0v) is 11.6. The van der Waals surface area contributed by atoms with Crippen LogP contribution in [0.5, 0.6) is 0 Å². The van der Waals surface area contributed by atoms with Gasteiger partial charge in [-0.1, -0.05) is 30.3 Å². The molecule has 2 saturated carbocycles. The molecule has 1 aromatic rings. The van der Waals surface area contributed by atoms with E-state index in [1.807, 2.05) is 0 Å². The molecule has 4 rings (SSSR count). The lowest BCUT2D eigenvalue weighted by Crippen LogP contribution is -2.52. The maximum absolute atomic E-state index is 5.98. The molecule has 1 heterocycles. The van der Waals surface area contributed by atoms with Gasteiger partial charge in [-0.05, 0) is 56.2 Å². The predicted molar refractivity (Wildman–Crippen MR) is 78.0 cm³/mol. The maximum atomic E-state index is 5.98. The van der Waals surface area contributed by atoms with Crippen molar-refractivity contribution in [3.8, 4) is 0 Å². The summed E-state index contributed by atoms with van der Waals surface area (Å²) in [6.45, 7) is 2.61. The fourth-order valence-corrected chi connectivity index (χ4v) is 4.43. The number of hydrogen-bond donors (Lipinski definition) is 1. The number of nitrogens with two attached hydrogens (primary N) is 1. The Morgan fingerprint density at radius 2 is 1.74 bits per heavy atom. The highest BCUT2D eigenvalue weighted by Gasteiger charge is 2.49. The van der Waals surface area contributed by atoms with Crippen LogP contribution < -0.4 is 5.73 Å². The Bertz CT molecular complexity index is 440. The van der Waals surface area contributed by atoms with E-state index >= 15 is 0 Å². The molecule has 1 aromatic carbocycles. The van der Waals surface area contributed by atoms with Gasteiger partial charge in [0, 0.05) is 18.0 Å². The van der Waals surface area contributed by atoms with E-state index in [2.05, 4.69) is 35.2 Å². The average molecular weight is 256 g/mol. The van der Waals surface area contributed by atoms with Gasteiger partial charge in [-0.25, -0.2) is 0 Å². The number of likely N-dealkylation sites (tertiary alicyclic amines) is 1. The SMILES string of the molecule is NC1CC2(CCN(C3CC3c3ccccc3)CC2)C1. The van der Waals surface area contributed by atoms with Crippen LogP contribution in [-0.4, -0.2) is 30.1 Å². The second-order valence-electron chi connectivity index (χ2n) is 7.02. The number of rotatable bonds is 2. The van der Waals surface area contributed by atoms with Gasteiger partial charge in [0.05, 0.1) is 0 Å². The molecule has 2 N–H and O–H groups in total. The molecular weight excluding hydrogens is 232 g/mol. The van der Waals surface area contributed by atoms with Crippen molar-refractivity contribution in [2.24, 2.45) is 11.1 Å². The fourth-order valence-electron chi connectivity index (χ4n) is 4.43. The van der Waals surface area contributed by atoms with Gasteiger partial charge in [0.15, 0.2) is 0 Å². The first-order chi connectivity index (χ1) is 9.26. The van der Waals surface area contributed by atoms with Crippen LogP contribution in [0, 0.1) is 5.41 Å². The van der Waals surface area contributed by atoms with E-state index < -0.39 is 0 Å². The Morgan fingerprint density at radius 1 is 1.05 bits per heavy atom. The summed E-state index contributed by atoms with van der Waals surface area (Å²) in [5, 5.41) is 0. The summed E-state index contributed by atoms with van der Waals surface area (Å²) in [7, 11) is 0. The van der Waals surface area contributed by atoms with Gasteiger partial charge in [-0.15, -0.1) is 0 Å². The molecule has 3 fully saturated rings. The minimum atomic E-state index is 0.504. The van der Waals surface area contributed by atoms with Gasteiger partial charge < -0.3 is 5.73 Å². The molecule has 2 unspecified atom stereocenters. The second-order valence-corrected chi connectivity index (χ2v) is 7.02. The van der Waals surface area contributed by atoms with Crippen LogP contribution in [0.4, 0.5) is 0 Å². The van der Waals surface area contributed by atoms with Crippen molar-refractivity contribution < 1.29 is 0 Å². The normalized spacial score (nSPS) is 34.2. The third kappa shape index (κ3) is 2.11. The van der Waals surface area contributed by atoms with Crippen LogP contribution in [-0.2, 0) is 0 Å². The lowest BCUT2D eigenvalue weighted by atomic mass is 9.61. The molecule has 2 nitrogen and oxygen atoms in total. The fraction of sp³-hybridized carbons (Fsp3) is 0.647. The van der Waals surface area contributed by atoms with Crippen molar-refractivity contribution in [3.05, 3.63) is 35.9 Å². The van der Waals surface area contributed by atoms with Gasteiger partial charge >= 0.3 is 0 Å². The van der Waals surface area contributed by atoms with E-state index in [0.29, 0.717) is 11.5 Å². The summed E-state index contributed by atoms with van der Waals surface area (Å²) >= 11 is 0. The Balaban J connectivity index is 1.34. The summed E-state index contributed by atoms with van der Waals surface area (Å²) in [6, 6.07) is 12.4. The Morgan fingerprint density at radius 3 is 2.37 bits per heavy atom. The minimum absolute atomic E-state index is 0.504. The number of nitrogens with zero attached hydrogens (tertiary/aromatic N) is 1. The summed E-state index contributed by atoms with van der Waals surface area (Å²) in [4.78, 5) is 2.74. The van der Waals surface area contributed by atoms with Gasteiger partial charge in [-0.3, -0.25) is 4.90 Å². The van der Waals surface area contributed by atoms with E-state index in [1.54, 1.807) is 5.56 Å². The van der Waals surface area contributed by atoms with Crippen molar-refractivity contribution in [2.45, 2.75) is 50.1 Å². The Hall–Kier alpha value is -0.860. The molecule has 2 atom stereocenters. The Labute approximate surface area is 116 Å².